The lowest BCUT2D eigenvalue weighted by molar-refractivity contribution is 0.411. The van der Waals surface area contributed by atoms with Crippen molar-refractivity contribution in [2.45, 2.75) is 0 Å². The van der Waals surface area contributed by atoms with Gasteiger partial charge in [0.2, 0.25) is 0 Å². The number of methoxy groups -OCH3 is 1. The summed E-state index contributed by atoms with van der Waals surface area (Å²) in [5, 5.41) is 9.08. The fraction of sp³-hybridized carbons (Fsp3) is 0.143. The van der Waals surface area contributed by atoms with Crippen LogP contribution in [-0.4, -0.2) is 12.2 Å². The number of hydrogen-bond acceptors (Lipinski definition) is 2. The zero-order valence-corrected chi connectivity index (χ0v) is 7.62. The fourth-order valence-corrected chi connectivity index (χ4v) is 1.10. The fourth-order valence-electron chi connectivity index (χ4n) is 0.615. The van der Waals surface area contributed by atoms with Gasteiger partial charge in [0.05, 0.1) is 10.7 Å². The minimum atomic E-state index is 0.293. The second-order valence-electron chi connectivity index (χ2n) is 1.82. The predicted molar refractivity (Wildman–Crippen MR) is 47.4 cm³/mol. The van der Waals surface area contributed by atoms with Gasteiger partial charge in [-0.1, -0.05) is 0 Å². The van der Waals surface area contributed by atoms with Gasteiger partial charge in [-0.05, 0) is 40.8 Å². The molecule has 0 saturated carbocycles. The van der Waals surface area contributed by atoms with Crippen LogP contribution in [0.2, 0.25) is 0 Å². The highest BCUT2D eigenvalue weighted by Crippen LogP contribution is 2.23. The standard InChI is InChI=1S/C7H7IO2/c1-10-5-2-3-7(9)6(8)4-5/h2-4,9H,1H3. The molecule has 1 aromatic carbocycles. The summed E-state index contributed by atoms with van der Waals surface area (Å²) in [6, 6.07) is 5.11. The van der Waals surface area contributed by atoms with E-state index in [1.165, 1.54) is 0 Å². The Bertz CT molecular complexity index is 235. The maximum Gasteiger partial charge on any atom is 0.129 e. The number of phenols is 1. The van der Waals surface area contributed by atoms with Crippen LogP contribution in [0.3, 0.4) is 0 Å². The van der Waals surface area contributed by atoms with Gasteiger partial charge in [-0.3, -0.25) is 0 Å². The highest BCUT2D eigenvalue weighted by Gasteiger charge is 1.97. The third-order valence-electron chi connectivity index (χ3n) is 1.15. The lowest BCUT2D eigenvalue weighted by Gasteiger charge is -2.00. The molecule has 0 heterocycles. The molecule has 0 amide bonds. The zero-order chi connectivity index (χ0) is 7.56. The van der Waals surface area contributed by atoms with Crippen molar-refractivity contribution in [3.05, 3.63) is 21.8 Å². The van der Waals surface area contributed by atoms with Crippen LogP contribution in [0.4, 0.5) is 0 Å². The first-order valence-electron chi connectivity index (χ1n) is 2.76. The van der Waals surface area contributed by atoms with E-state index in [2.05, 4.69) is 0 Å². The maximum absolute atomic E-state index is 9.08. The van der Waals surface area contributed by atoms with E-state index in [1.807, 2.05) is 22.6 Å². The van der Waals surface area contributed by atoms with Crippen LogP contribution in [0.5, 0.6) is 11.5 Å². The van der Waals surface area contributed by atoms with Crippen molar-refractivity contribution in [3.63, 3.8) is 0 Å². The SMILES string of the molecule is COc1ccc(O)c(I)c1. The molecule has 10 heavy (non-hydrogen) atoms. The lowest BCUT2D eigenvalue weighted by atomic mass is 10.3. The van der Waals surface area contributed by atoms with Crippen molar-refractivity contribution in [3.8, 4) is 11.5 Å². The van der Waals surface area contributed by atoms with Crippen molar-refractivity contribution in [1.82, 2.24) is 0 Å². The largest absolute Gasteiger partial charge is 0.507 e. The minimum Gasteiger partial charge on any atom is -0.507 e. The molecule has 0 spiro atoms. The van der Waals surface area contributed by atoms with Gasteiger partial charge in [-0.25, -0.2) is 0 Å². The van der Waals surface area contributed by atoms with Gasteiger partial charge in [0.25, 0.3) is 0 Å². The first kappa shape index (κ1) is 7.65. The first-order chi connectivity index (χ1) is 4.74. The van der Waals surface area contributed by atoms with Crippen LogP contribution in [0.25, 0.3) is 0 Å². The Morgan fingerprint density at radius 1 is 1.50 bits per heavy atom. The summed E-state index contributed by atoms with van der Waals surface area (Å²) < 4.78 is 5.74. The third-order valence-corrected chi connectivity index (χ3v) is 2.02. The Labute approximate surface area is 73.0 Å². The summed E-state index contributed by atoms with van der Waals surface area (Å²) in [6.45, 7) is 0. The van der Waals surface area contributed by atoms with Crippen molar-refractivity contribution >= 4 is 22.6 Å². The molecule has 0 aromatic heterocycles. The summed E-state index contributed by atoms with van der Waals surface area (Å²) in [7, 11) is 1.60. The average molecular weight is 250 g/mol. The van der Waals surface area contributed by atoms with Gasteiger partial charge in [0, 0.05) is 0 Å². The van der Waals surface area contributed by atoms with Crippen LogP contribution < -0.4 is 4.74 Å². The van der Waals surface area contributed by atoms with Gasteiger partial charge >= 0.3 is 0 Å². The molecule has 0 radical (unpaired) electrons. The predicted octanol–water partition coefficient (Wildman–Crippen LogP) is 2.01. The molecule has 0 saturated heterocycles. The highest BCUT2D eigenvalue weighted by atomic mass is 127. The van der Waals surface area contributed by atoms with E-state index < -0.39 is 0 Å². The summed E-state index contributed by atoms with van der Waals surface area (Å²) in [5.41, 5.74) is 0. The number of hydrogen-bond donors (Lipinski definition) is 1. The van der Waals surface area contributed by atoms with Crippen molar-refractivity contribution < 1.29 is 9.84 Å². The van der Waals surface area contributed by atoms with Crippen LogP contribution in [0, 0.1) is 3.57 Å². The number of benzene rings is 1. The summed E-state index contributed by atoms with van der Waals surface area (Å²) in [4.78, 5) is 0. The van der Waals surface area contributed by atoms with E-state index in [0.29, 0.717) is 5.75 Å². The molecule has 1 rings (SSSR count). The van der Waals surface area contributed by atoms with Crippen molar-refractivity contribution in [2.24, 2.45) is 0 Å². The lowest BCUT2D eigenvalue weighted by Crippen LogP contribution is -1.82. The van der Waals surface area contributed by atoms with Crippen LogP contribution in [-0.2, 0) is 0 Å². The van der Waals surface area contributed by atoms with Crippen molar-refractivity contribution in [1.29, 1.82) is 0 Å². The molecule has 0 aliphatic carbocycles. The number of phenolic OH excluding ortho intramolecular Hbond substituents is 1. The number of aromatic hydroxyl groups is 1. The molecule has 0 bridgehead atoms. The van der Waals surface area contributed by atoms with Gasteiger partial charge in [-0.15, -0.1) is 0 Å². The van der Waals surface area contributed by atoms with E-state index in [-0.39, 0.29) is 0 Å². The van der Waals surface area contributed by atoms with Crippen molar-refractivity contribution in [2.75, 3.05) is 7.11 Å². The Balaban J connectivity index is 3.04. The molecular formula is C7H7IO2. The van der Waals surface area contributed by atoms with Gasteiger partial charge in [0.1, 0.15) is 11.5 Å². The molecular weight excluding hydrogens is 243 g/mol. The molecule has 1 aromatic rings. The van der Waals surface area contributed by atoms with E-state index >= 15 is 0 Å². The Kier molecular flexibility index (Phi) is 2.37. The first-order valence-corrected chi connectivity index (χ1v) is 3.84. The monoisotopic (exact) mass is 250 g/mol. The average Bonchev–Trinajstić information content (AvgIpc) is 1.95. The maximum atomic E-state index is 9.08. The summed E-state index contributed by atoms with van der Waals surface area (Å²) in [6.07, 6.45) is 0. The molecule has 0 aliphatic rings. The molecule has 0 aliphatic heterocycles. The van der Waals surface area contributed by atoms with Gasteiger partial charge in [-0.2, -0.15) is 0 Å². The molecule has 0 atom stereocenters. The topological polar surface area (TPSA) is 29.5 Å². The third kappa shape index (κ3) is 1.53. The van der Waals surface area contributed by atoms with Crippen LogP contribution >= 0.6 is 22.6 Å². The second kappa shape index (κ2) is 3.09. The van der Waals surface area contributed by atoms with E-state index in [0.717, 1.165) is 9.32 Å². The molecule has 3 heteroatoms. The Morgan fingerprint density at radius 2 is 2.20 bits per heavy atom. The zero-order valence-electron chi connectivity index (χ0n) is 5.47. The summed E-state index contributed by atoms with van der Waals surface area (Å²) in [5.74, 6) is 1.06. The van der Waals surface area contributed by atoms with E-state index in [4.69, 9.17) is 9.84 Å². The Hall–Kier alpha value is -0.450. The van der Waals surface area contributed by atoms with E-state index in [1.54, 1.807) is 25.3 Å². The second-order valence-corrected chi connectivity index (χ2v) is 2.98. The molecule has 2 nitrogen and oxygen atoms in total. The van der Waals surface area contributed by atoms with E-state index in [9.17, 15) is 0 Å². The number of halogens is 1. The molecule has 0 fully saturated rings. The summed E-state index contributed by atoms with van der Waals surface area (Å²) >= 11 is 2.04. The smallest absolute Gasteiger partial charge is 0.129 e. The molecule has 54 valence electrons. The van der Waals surface area contributed by atoms with Gasteiger partial charge in [0.15, 0.2) is 0 Å². The molecule has 0 unspecified atom stereocenters. The number of ether oxygens (including phenoxy) is 1. The van der Waals surface area contributed by atoms with Crippen LogP contribution in [0.15, 0.2) is 18.2 Å². The molecule has 1 N–H and O–H groups in total. The Morgan fingerprint density at radius 3 is 2.70 bits per heavy atom. The minimum absolute atomic E-state index is 0.293. The number of rotatable bonds is 1. The van der Waals surface area contributed by atoms with Gasteiger partial charge < -0.3 is 9.84 Å². The highest BCUT2D eigenvalue weighted by molar-refractivity contribution is 14.1. The normalized spacial score (nSPS) is 9.40. The van der Waals surface area contributed by atoms with Crippen LogP contribution in [0.1, 0.15) is 0 Å². The quantitative estimate of drug-likeness (QED) is 0.772.